The van der Waals surface area contributed by atoms with Gasteiger partial charge in [-0.05, 0) is 34.4 Å². The van der Waals surface area contributed by atoms with Crippen LogP contribution >= 0.6 is 11.6 Å². The van der Waals surface area contributed by atoms with Crippen LogP contribution in [0, 0.1) is 0 Å². The molecule has 0 aliphatic heterocycles. The molecule has 0 spiro atoms. The van der Waals surface area contributed by atoms with E-state index in [-0.39, 0.29) is 18.9 Å². The second kappa shape index (κ2) is 9.64. The molecule has 0 radical (unpaired) electrons. The number of benzene rings is 3. The molecule has 1 amide bonds. The highest BCUT2D eigenvalue weighted by atomic mass is 35.5. The number of nitrogens with zero attached hydrogens (tertiary/aromatic N) is 1. The predicted molar refractivity (Wildman–Crippen MR) is 132 cm³/mol. The van der Waals surface area contributed by atoms with E-state index in [1.54, 1.807) is 24.4 Å². The maximum atomic E-state index is 12.6. The fraction of sp³-hybridized carbons (Fsp3) is 0.148. The van der Waals surface area contributed by atoms with Crippen LogP contribution in [0.1, 0.15) is 22.6 Å². The number of carbonyl (C=O) groups excluding carboxylic acids is 1. The zero-order chi connectivity index (χ0) is 24.4. The van der Waals surface area contributed by atoms with E-state index in [1.165, 1.54) is 0 Å². The van der Waals surface area contributed by atoms with Crippen LogP contribution in [0.15, 0.2) is 79.0 Å². The van der Waals surface area contributed by atoms with Gasteiger partial charge in [0.25, 0.3) is 0 Å². The summed E-state index contributed by atoms with van der Waals surface area (Å²) in [5.41, 5.74) is 6.46. The van der Waals surface area contributed by atoms with Gasteiger partial charge in [0.1, 0.15) is 12.6 Å². The van der Waals surface area contributed by atoms with Crippen molar-refractivity contribution in [3.63, 3.8) is 0 Å². The quantitative estimate of drug-likeness (QED) is 0.329. The average molecular weight is 488 g/mol. The van der Waals surface area contributed by atoms with Gasteiger partial charge in [0.05, 0.1) is 11.9 Å². The summed E-state index contributed by atoms with van der Waals surface area (Å²) in [6, 6.07) is 22.0. The molecule has 3 N–H and O–H groups in total. The third kappa shape index (κ3) is 4.63. The molecule has 0 saturated heterocycles. The van der Waals surface area contributed by atoms with Crippen molar-refractivity contribution in [2.24, 2.45) is 0 Å². The fourth-order valence-corrected chi connectivity index (χ4v) is 4.75. The number of aromatic amines is 1. The second-order valence-corrected chi connectivity index (χ2v) is 8.78. The Morgan fingerprint density at radius 2 is 1.71 bits per heavy atom. The highest BCUT2D eigenvalue weighted by Gasteiger charge is 2.30. The standard InChI is InChI=1S/C27H22ClN3O4/c28-18-7-5-6-16(12-18)25-17(14-29-31-25)13-24(26(32)33)30-27(34)35-15-23-21-10-3-1-8-19(21)20-9-2-4-11-22(20)23/h1-12,14,23-24H,13,15H2,(H,29,31)(H,30,34)(H,32,33). The predicted octanol–water partition coefficient (Wildman–Crippen LogP) is 5.26. The number of halogens is 1. The summed E-state index contributed by atoms with van der Waals surface area (Å²) in [5.74, 6) is -1.28. The zero-order valence-electron chi connectivity index (χ0n) is 18.6. The minimum atomic E-state index is -1.19. The second-order valence-electron chi connectivity index (χ2n) is 8.35. The molecule has 1 atom stereocenters. The number of aromatic nitrogens is 2. The first-order valence-electron chi connectivity index (χ1n) is 11.1. The summed E-state index contributed by atoms with van der Waals surface area (Å²) in [4.78, 5) is 24.6. The van der Waals surface area contributed by atoms with E-state index in [1.807, 2.05) is 42.5 Å². The van der Waals surface area contributed by atoms with Crippen molar-refractivity contribution in [1.29, 1.82) is 0 Å². The number of rotatable bonds is 7. The minimum absolute atomic E-state index is 0.0257. The van der Waals surface area contributed by atoms with E-state index in [9.17, 15) is 14.7 Å². The van der Waals surface area contributed by atoms with Crippen LogP contribution in [-0.2, 0) is 16.0 Å². The maximum absolute atomic E-state index is 12.6. The van der Waals surface area contributed by atoms with E-state index in [0.29, 0.717) is 16.3 Å². The van der Waals surface area contributed by atoms with Crippen LogP contribution in [0.4, 0.5) is 4.79 Å². The number of aliphatic carboxylic acids is 1. The van der Waals surface area contributed by atoms with E-state index >= 15 is 0 Å². The molecular formula is C27H22ClN3O4. The molecule has 1 unspecified atom stereocenters. The van der Waals surface area contributed by atoms with Gasteiger partial charge in [-0.2, -0.15) is 5.10 Å². The summed E-state index contributed by atoms with van der Waals surface area (Å²) >= 11 is 6.09. The fourth-order valence-electron chi connectivity index (χ4n) is 4.56. The first-order chi connectivity index (χ1) is 17.0. The van der Waals surface area contributed by atoms with Gasteiger partial charge < -0.3 is 15.2 Å². The van der Waals surface area contributed by atoms with Crippen LogP contribution in [0.2, 0.25) is 5.02 Å². The monoisotopic (exact) mass is 487 g/mol. The maximum Gasteiger partial charge on any atom is 0.407 e. The number of carbonyl (C=O) groups is 2. The molecular weight excluding hydrogens is 466 g/mol. The first-order valence-corrected chi connectivity index (χ1v) is 11.5. The van der Waals surface area contributed by atoms with Crippen LogP contribution in [0.3, 0.4) is 0 Å². The van der Waals surface area contributed by atoms with Crippen molar-refractivity contribution in [2.45, 2.75) is 18.4 Å². The Morgan fingerprint density at radius 3 is 2.37 bits per heavy atom. The lowest BCUT2D eigenvalue weighted by Crippen LogP contribution is -2.43. The van der Waals surface area contributed by atoms with E-state index in [2.05, 4.69) is 27.6 Å². The van der Waals surface area contributed by atoms with E-state index in [0.717, 1.165) is 27.8 Å². The summed E-state index contributed by atoms with van der Waals surface area (Å²) in [6.45, 7) is 0.103. The smallest absolute Gasteiger partial charge is 0.407 e. The van der Waals surface area contributed by atoms with Gasteiger partial charge >= 0.3 is 12.1 Å². The minimum Gasteiger partial charge on any atom is -0.480 e. The van der Waals surface area contributed by atoms with Crippen LogP contribution in [-0.4, -0.2) is 40.0 Å². The van der Waals surface area contributed by atoms with Crippen molar-refractivity contribution in [3.05, 3.63) is 101 Å². The molecule has 7 nitrogen and oxygen atoms in total. The molecule has 5 rings (SSSR count). The summed E-state index contributed by atoms with van der Waals surface area (Å²) in [7, 11) is 0. The van der Waals surface area contributed by atoms with Gasteiger partial charge in [0, 0.05) is 28.5 Å². The van der Waals surface area contributed by atoms with Crippen LogP contribution < -0.4 is 5.32 Å². The first kappa shape index (κ1) is 22.7. The molecule has 1 heterocycles. The molecule has 0 bridgehead atoms. The van der Waals surface area contributed by atoms with Gasteiger partial charge in [-0.15, -0.1) is 0 Å². The van der Waals surface area contributed by atoms with Gasteiger partial charge in [-0.1, -0.05) is 72.3 Å². The SMILES string of the molecule is O=C(NC(Cc1cn[nH]c1-c1cccc(Cl)c1)C(=O)O)OCC1c2ccccc2-c2ccccc21. The molecule has 1 aromatic heterocycles. The number of fused-ring (bicyclic) bond motifs is 3. The summed E-state index contributed by atoms with van der Waals surface area (Å²) < 4.78 is 5.52. The topological polar surface area (TPSA) is 104 Å². The lowest BCUT2D eigenvalue weighted by molar-refractivity contribution is -0.139. The number of carboxylic acid groups (broad SMARTS) is 1. The van der Waals surface area contributed by atoms with Crippen molar-refractivity contribution >= 4 is 23.7 Å². The highest BCUT2D eigenvalue weighted by molar-refractivity contribution is 6.30. The number of nitrogens with one attached hydrogen (secondary N) is 2. The number of amides is 1. The molecule has 0 fully saturated rings. The third-order valence-corrected chi connectivity index (χ3v) is 6.42. The average Bonchev–Trinajstić information content (AvgIpc) is 3.45. The molecule has 3 aromatic carbocycles. The Hall–Kier alpha value is -4.10. The van der Waals surface area contributed by atoms with Crippen molar-refractivity contribution in [1.82, 2.24) is 15.5 Å². The Morgan fingerprint density at radius 1 is 1.03 bits per heavy atom. The zero-order valence-corrected chi connectivity index (χ0v) is 19.3. The number of hydrogen-bond donors (Lipinski definition) is 3. The van der Waals surface area contributed by atoms with Crippen molar-refractivity contribution in [3.8, 4) is 22.4 Å². The summed E-state index contributed by atoms with van der Waals surface area (Å²) in [5, 5.41) is 19.7. The number of ether oxygens (including phenoxy) is 1. The normalized spacial score (nSPS) is 13.1. The lowest BCUT2D eigenvalue weighted by atomic mass is 9.98. The van der Waals surface area contributed by atoms with Gasteiger partial charge in [0.15, 0.2) is 0 Å². The largest absolute Gasteiger partial charge is 0.480 e. The molecule has 4 aromatic rings. The Bertz CT molecular complexity index is 1350. The number of alkyl carbamates (subject to hydrolysis) is 1. The highest BCUT2D eigenvalue weighted by Crippen LogP contribution is 2.44. The van der Waals surface area contributed by atoms with Gasteiger partial charge in [-0.25, -0.2) is 9.59 Å². The van der Waals surface area contributed by atoms with E-state index in [4.69, 9.17) is 16.3 Å². The van der Waals surface area contributed by atoms with Crippen LogP contribution in [0.5, 0.6) is 0 Å². The summed E-state index contributed by atoms with van der Waals surface area (Å²) in [6.07, 6.45) is 0.788. The number of H-pyrrole nitrogens is 1. The van der Waals surface area contributed by atoms with E-state index < -0.39 is 18.1 Å². The number of hydrogen-bond acceptors (Lipinski definition) is 4. The lowest BCUT2D eigenvalue weighted by Gasteiger charge is -2.17. The van der Waals surface area contributed by atoms with Gasteiger partial charge in [-0.3, -0.25) is 5.10 Å². The van der Waals surface area contributed by atoms with Crippen molar-refractivity contribution in [2.75, 3.05) is 6.61 Å². The van der Waals surface area contributed by atoms with Crippen LogP contribution in [0.25, 0.3) is 22.4 Å². The molecule has 0 saturated carbocycles. The molecule has 1 aliphatic carbocycles. The Balaban J connectivity index is 1.28. The van der Waals surface area contributed by atoms with Gasteiger partial charge in [0.2, 0.25) is 0 Å². The molecule has 1 aliphatic rings. The third-order valence-electron chi connectivity index (χ3n) is 6.19. The Labute approximate surface area is 206 Å². The molecule has 8 heteroatoms. The molecule has 35 heavy (non-hydrogen) atoms. The number of carboxylic acids is 1. The Kier molecular flexibility index (Phi) is 6.25. The van der Waals surface area contributed by atoms with Crippen molar-refractivity contribution < 1.29 is 19.4 Å². The molecule has 176 valence electrons.